The zero-order valence-corrected chi connectivity index (χ0v) is 14.3. The molecule has 5 nitrogen and oxygen atoms in total. The summed E-state index contributed by atoms with van der Waals surface area (Å²) in [5.74, 6) is 3.11. The standard InChI is InChI=1S/C19H23NO4/c1-4-21-18-9-14(5-7-17(18)24-13(2)3)11-20-15-6-8-16-19(10-15)23-12-22-16/h5-10,13,20H,4,11-12H2,1-3H3. The Morgan fingerprint density at radius 1 is 1.04 bits per heavy atom. The Balaban J connectivity index is 1.69. The number of fused-ring (bicyclic) bond motifs is 1. The molecule has 0 bridgehead atoms. The molecule has 3 rings (SSSR count). The van der Waals surface area contributed by atoms with Crippen LogP contribution in [0.15, 0.2) is 36.4 Å². The Morgan fingerprint density at radius 3 is 2.67 bits per heavy atom. The molecule has 1 heterocycles. The smallest absolute Gasteiger partial charge is 0.231 e. The lowest BCUT2D eigenvalue weighted by molar-refractivity contribution is 0.174. The third kappa shape index (κ3) is 3.85. The van der Waals surface area contributed by atoms with E-state index in [-0.39, 0.29) is 12.9 Å². The molecule has 0 atom stereocenters. The van der Waals surface area contributed by atoms with Crippen molar-refractivity contribution in [1.82, 2.24) is 0 Å². The summed E-state index contributed by atoms with van der Waals surface area (Å²) in [4.78, 5) is 0. The van der Waals surface area contributed by atoms with Gasteiger partial charge in [0.1, 0.15) is 0 Å². The van der Waals surface area contributed by atoms with Crippen molar-refractivity contribution in [3.8, 4) is 23.0 Å². The van der Waals surface area contributed by atoms with Crippen LogP contribution in [0.1, 0.15) is 26.3 Å². The van der Waals surface area contributed by atoms with Gasteiger partial charge >= 0.3 is 0 Å². The molecule has 0 unspecified atom stereocenters. The molecule has 2 aromatic rings. The summed E-state index contributed by atoms with van der Waals surface area (Å²) in [6.45, 7) is 7.55. The van der Waals surface area contributed by atoms with Crippen LogP contribution in [0.4, 0.5) is 5.69 Å². The molecule has 0 saturated carbocycles. The van der Waals surface area contributed by atoms with E-state index >= 15 is 0 Å². The van der Waals surface area contributed by atoms with E-state index in [4.69, 9.17) is 18.9 Å². The topological polar surface area (TPSA) is 49.0 Å². The van der Waals surface area contributed by atoms with E-state index in [2.05, 4.69) is 5.32 Å². The van der Waals surface area contributed by atoms with Gasteiger partial charge in [-0.15, -0.1) is 0 Å². The van der Waals surface area contributed by atoms with Gasteiger partial charge in [-0.25, -0.2) is 0 Å². The van der Waals surface area contributed by atoms with Gasteiger partial charge in [0.05, 0.1) is 12.7 Å². The Hall–Kier alpha value is -2.56. The molecule has 128 valence electrons. The van der Waals surface area contributed by atoms with Crippen molar-refractivity contribution in [2.45, 2.75) is 33.4 Å². The van der Waals surface area contributed by atoms with Crippen LogP contribution in [0.3, 0.4) is 0 Å². The average molecular weight is 329 g/mol. The summed E-state index contributed by atoms with van der Waals surface area (Å²) in [5, 5.41) is 3.39. The van der Waals surface area contributed by atoms with E-state index < -0.39 is 0 Å². The molecule has 1 aliphatic rings. The normalized spacial score (nSPS) is 12.3. The van der Waals surface area contributed by atoms with Gasteiger partial charge in [-0.2, -0.15) is 0 Å². The van der Waals surface area contributed by atoms with E-state index in [0.717, 1.165) is 34.2 Å². The van der Waals surface area contributed by atoms with Crippen LogP contribution in [0, 0.1) is 0 Å². The van der Waals surface area contributed by atoms with Crippen LogP contribution in [0.2, 0.25) is 0 Å². The summed E-state index contributed by atoms with van der Waals surface area (Å²) in [6, 6.07) is 11.9. The highest BCUT2D eigenvalue weighted by atomic mass is 16.7. The first-order valence-electron chi connectivity index (χ1n) is 8.21. The van der Waals surface area contributed by atoms with Gasteiger partial charge in [0, 0.05) is 18.3 Å². The Bertz CT molecular complexity index is 700. The molecule has 0 radical (unpaired) electrons. The summed E-state index contributed by atoms with van der Waals surface area (Å²) < 4.78 is 22.2. The van der Waals surface area contributed by atoms with E-state index in [1.807, 2.05) is 57.2 Å². The Morgan fingerprint density at radius 2 is 1.88 bits per heavy atom. The maximum Gasteiger partial charge on any atom is 0.231 e. The fourth-order valence-electron chi connectivity index (χ4n) is 2.49. The van der Waals surface area contributed by atoms with Gasteiger partial charge in [-0.05, 0) is 50.6 Å². The summed E-state index contributed by atoms with van der Waals surface area (Å²) >= 11 is 0. The fraction of sp³-hybridized carbons (Fsp3) is 0.368. The first-order chi connectivity index (χ1) is 11.7. The van der Waals surface area contributed by atoms with Gasteiger partial charge in [0.25, 0.3) is 0 Å². The van der Waals surface area contributed by atoms with E-state index in [1.165, 1.54) is 0 Å². The first-order valence-corrected chi connectivity index (χ1v) is 8.21. The molecular formula is C19H23NO4. The minimum atomic E-state index is 0.113. The lowest BCUT2D eigenvalue weighted by Crippen LogP contribution is -2.08. The first kappa shape index (κ1) is 16.3. The van der Waals surface area contributed by atoms with Gasteiger partial charge < -0.3 is 24.3 Å². The molecule has 0 amide bonds. The van der Waals surface area contributed by atoms with Crippen LogP contribution in [0.5, 0.6) is 23.0 Å². The number of nitrogens with one attached hydrogen (secondary N) is 1. The second-order valence-corrected chi connectivity index (χ2v) is 5.80. The van der Waals surface area contributed by atoms with Crippen molar-refractivity contribution in [3.63, 3.8) is 0 Å². The molecular weight excluding hydrogens is 306 g/mol. The molecule has 0 spiro atoms. The Kier molecular flexibility index (Phi) is 4.99. The molecule has 24 heavy (non-hydrogen) atoms. The molecule has 1 N–H and O–H groups in total. The minimum absolute atomic E-state index is 0.113. The van der Waals surface area contributed by atoms with Gasteiger partial charge in [-0.3, -0.25) is 0 Å². The summed E-state index contributed by atoms with van der Waals surface area (Å²) in [6.07, 6.45) is 0.113. The van der Waals surface area contributed by atoms with Crippen molar-refractivity contribution in [2.75, 3.05) is 18.7 Å². The highest BCUT2D eigenvalue weighted by molar-refractivity contribution is 5.56. The summed E-state index contributed by atoms with van der Waals surface area (Å²) in [7, 11) is 0. The lowest BCUT2D eigenvalue weighted by Gasteiger charge is -2.16. The van der Waals surface area contributed by atoms with Crippen LogP contribution in [0.25, 0.3) is 0 Å². The quantitative estimate of drug-likeness (QED) is 0.824. The largest absolute Gasteiger partial charge is 0.490 e. The monoisotopic (exact) mass is 329 g/mol. The average Bonchev–Trinajstić information content (AvgIpc) is 3.02. The van der Waals surface area contributed by atoms with Gasteiger partial charge in [0.15, 0.2) is 23.0 Å². The van der Waals surface area contributed by atoms with Crippen LogP contribution >= 0.6 is 0 Å². The number of hydrogen-bond donors (Lipinski definition) is 1. The molecule has 0 fully saturated rings. The van der Waals surface area contributed by atoms with Crippen molar-refractivity contribution >= 4 is 5.69 Å². The molecule has 5 heteroatoms. The van der Waals surface area contributed by atoms with E-state index in [0.29, 0.717) is 13.2 Å². The van der Waals surface area contributed by atoms with Crippen LogP contribution < -0.4 is 24.3 Å². The van der Waals surface area contributed by atoms with E-state index in [9.17, 15) is 0 Å². The highest BCUT2D eigenvalue weighted by Crippen LogP contribution is 2.34. The predicted molar refractivity (Wildman–Crippen MR) is 93.3 cm³/mol. The second kappa shape index (κ2) is 7.34. The zero-order chi connectivity index (χ0) is 16.9. The van der Waals surface area contributed by atoms with Crippen molar-refractivity contribution in [3.05, 3.63) is 42.0 Å². The molecule has 0 saturated heterocycles. The minimum Gasteiger partial charge on any atom is -0.490 e. The third-order valence-corrected chi connectivity index (χ3v) is 3.54. The molecule has 0 aromatic heterocycles. The van der Waals surface area contributed by atoms with E-state index in [1.54, 1.807) is 0 Å². The summed E-state index contributed by atoms with van der Waals surface area (Å²) in [5.41, 5.74) is 2.10. The molecule has 0 aliphatic carbocycles. The number of ether oxygens (including phenoxy) is 4. The van der Waals surface area contributed by atoms with Gasteiger partial charge in [0.2, 0.25) is 6.79 Å². The maximum atomic E-state index is 5.79. The predicted octanol–water partition coefficient (Wildman–Crippen LogP) is 4.21. The third-order valence-electron chi connectivity index (χ3n) is 3.54. The van der Waals surface area contributed by atoms with Crippen molar-refractivity contribution < 1.29 is 18.9 Å². The van der Waals surface area contributed by atoms with Crippen molar-refractivity contribution in [2.24, 2.45) is 0 Å². The molecule has 1 aliphatic heterocycles. The SMILES string of the molecule is CCOc1cc(CNc2ccc3c(c2)OCO3)ccc1OC(C)C. The highest BCUT2D eigenvalue weighted by Gasteiger charge is 2.13. The van der Waals surface area contributed by atoms with Crippen LogP contribution in [-0.4, -0.2) is 19.5 Å². The van der Waals surface area contributed by atoms with Crippen molar-refractivity contribution in [1.29, 1.82) is 0 Å². The molecule has 2 aromatic carbocycles. The second-order valence-electron chi connectivity index (χ2n) is 5.80. The Labute approximate surface area is 142 Å². The number of rotatable bonds is 7. The number of hydrogen-bond acceptors (Lipinski definition) is 5. The fourth-order valence-corrected chi connectivity index (χ4v) is 2.49. The maximum absolute atomic E-state index is 5.79. The van der Waals surface area contributed by atoms with Gasteiger partial charge in [-0.1, -0.05) is 6.07 Å². The van der Waals surface area contributed by atoms with Crippen LogP contribution in [-0.2, 0) is 6.54 Å². The number of anilines is 1. The zero-order valence-electron chi connectivity index (χ0n) is 14.3. The lowest BCUT2D eigenvalue weighted by atomic mass is 10.2. The number of benzene rings is 2.